The third-order valence-electron chi connectivity index (χ3n) is 4.88. The number of halogens is 1. The van der Waals surface area contributed by atoms with Gasteiger partial charge in [0, 0.05) is 60.4 Å². The molecule has 1 aromatic carbocycles. The Morgan fingerprint density at radius 3 is 2.41 bits per heavy atom. The molecule has 0 aliphatic rings. The minimum atomic E-state index is 0.108. The van der Waals surface area contributed by atoms with E-state index >= 15 is 0 Å². The lowest BCUT2D eigenvalue weighted by Gasteiger charge is -2.11. The summed E-state index contributed by atoms with van der Waals surface area (Å²) in [4.78, 5) is 14.9. The second kappa shape index (κ2) is 7.97. The van der Waals surface area contributed by atoms with Gasteiger partial charge >= 0.3 is 0 Å². The highest BCUT2D eigenvalue weighted by Crippen LogP contribution is 2.21. The summed E-state index contributed by atoms with van der Waals surface area (Å²) < 4.78 is 4.06. The number of nitrogens with zero attached hydrogens (tertiary/aromatic N) is 3. The lowest BCUT2D eigenvalue weighted by Crippen LogP contribution is -2.37. The molecule has 0 saturated heterocycles. The molecule has 140 valence electrons. The molecule has 0 amide bonds. The Morgan fingerprint density at radius 1 is 1.11 bits per heavy atom. The first-order valence-corrected chi connectivity index (χ1v) is 9.34. The first-order chi connectivity index (χ1) is 12.9. The molecule has 0 aliphatic carbocycles. The van der Waals surface area contributed by atoms with Gasteiger partial charge in [-0.05, 0) is 31.5 Å². The molecule has 3 aromatic rings. The number of carbonyl (C=O) groups is 1. The molecule has 0 unspecified atom stereocenters. The van der Waals surface area contributed by atoms with Crippen LogP contribution in [0.5, 0.6) is 0 Å². The summed E-state index contributed by atoms with van der Waals surface area (Å²) >= 11 is 6.30. The molecule has 0 atom stereocenters. The van der Waals surface area contributed by atoms with Gasteiger partial charge in [-0.1, -0.05) is 29.8 Å². The molecule has 0 N–H and O–H groups in total. The topological polar surface area (TPSA) is 29.1 Å². The summed E-state index contributed by atoms with van der Waals surface area (Å²) in [6.07, 6.45) is 3.88. The molecule has 27 heavy (non-hydrogen) atoms. The van der Waals surface area contributed by atoms with E-state index in [4.69, 9.17) is 11.6 Å². The number of carbonyl (C=O) groups excluding carboxylic acids is 1. The van der Waals surface area contributed by atoms with Crippen LogP contribution in [-0.2, 0) is 13.1 Å². The normalized spacial score (nSPS) is 10.9. The second-order valence-electron chi connectivity index (χ2n) is 7.01. The van der Waals surface area contributed by atoms with E-state index in [0.717, 1.165) is 33.2 Å². The van der Waals surface area contributed by atoms with Crippen LogP contribution < -0.4 is 9.47 Å². The van der Waals surface area contributed by atoms with Gasteiger partial charge in [0.05, 0.1) is 0 Å². The Bertz CT molecular complexity index is 958. The lowest BCUT2D eigenvalue weighted by atomic mass is 10.1. The van der Waals surface area contributed by atoms with E-state index in [1.54, 1.807) is 0 Å². The number of Topliss-reactive ketones (excluding diaryl/α,β-unsaturated/α-hetero) is 1. The zero-order valence-electron chi connectivity index (χ0n) is 16.2. The number of rotatable bonds is 6. The summed E-state index contributed by atoms with van der Waals surface area (Å²) in [5, 5.41) is 0.745. The summed E-state index contributed by atoms with van der Waals surface area (Å²) in [7, 11) is 4.00. The number of aromatic nitrogens is 2. The van der Waals surface area contributed by atoms with Crippen molar-refractivity contribution in [3.8, 4) is 0 Å². The van der Waals surface area contributed by atoms with Crippen molar-refractivity contribution in [1.82, 2.24) is 4.57 Å². The fraction of sp³-hybridized carbons (Fsp3) is 0.273. The molecule has 0 aliphatic heterocycles. The Labute approximate surface area is 165 Å². The van der Waals surface area contributed by atoms with E-state index < -0.39 is 0 Å². The van der Waals surface area contributed by atoms with Crippen LogP contribution in [0.1, 0.15) is 27.3 Å². The third-order valence-corrected chi connectivity index (χ3v) is 5.25. The minimum Gasteiger partial charge on any atom is -0.377 e. The molecule has 5 heteroatoms. The van der Waals surface area contributed by atoms with Crippen LogP contribution in [0, 0.1) is 13.8 Å². The van der Waals surface area contributed by atoms with Crippen molar-refractivity contribution in [2.24, 2.45) is 0 Å². The van der Waals surface area contributed by atoms with E-state index in [9.17, 15) is 4.79 Å². The van der Waals surface area contributed by atoms with Gasteiger partial charge in [-0.25, -0.2) is 0 Å². The van der Waals surface area contributed by atoms with Crippen molar-refractivity contribution in [3.63, 3.8) is 0 Å². The van der Waals surface area contributed by atoms with E-state index in [0.29, 0.717) is 13.1 Å². The van der Waals surface area contributed by atoms with E-state index in [-0.39, 0.29) is 5.78 Å². The SMILES string of the molecule is Cc1cc(C(=O)C[n+]2ccc(N(C)C)cc2)c(C)n1Cc1ccccc1Cl. The number of ketones is 1. The number of anilines is 1. The molecular weight excluding hydrogens is 358 g/mol. The average molecular weight is 383 g/mol. The van der Waals surface area contributed by atoms with Gasteiger partial charge in [0.15, 0.2) is 12.4 Å². The molecule has 2 heterocycles. The Kier molecular flexibility index (Phi) is 5.66. The van der Waals surface area contributed by atoms with Crippen molar-refractivity contribution in [2.45, 2.75) is 26.9 Å². The van der Waals surface area contributed by atoms with Gasteiger partial charge in [-0.3, -0.25) is 4.79 Å². The Balaban J connectivity index is 1.81. The van der Waals surface area contributed by atoms with Crippen LogP contribution in [0.25, 0.3) is 0 Å². The van der Waals surface area contributed by atoms with Crippen molar-refractivity contribution >= 4 is 23.1 Å². The van der Waals surface area contributed by atoms with E-state index in [2.05, 4.69) is 4.57 Å². The number of hydrogen-bond donors (Lipinski definition) is 0. The highest BCUT2D eigenvalue weighted by Gasteiger charge is 2.19. The number of aryl methyl sites for hydroxylation is 1. The van der Waals surface area contributed by atoms with Gasteiger partial charge in [0.1, 0.15) is 0 Å². The first kappa shape index (κ1) is 19.2. The fourth-order valence-corrected chi connectivity index (χ4v) is 3.42. The van der Waals surface area contributed by atoms with E-state index in [1.807, 2.05) is 92.3 Å². The van der Waals surface area contributed by atoms with Crippen LogP contribution in [0.15, 0.2) is 54.9 Å². The van der Waals surface area contributed by atoms with Gasteiger partial charge in [0.2, 0.25) is 12.3 Å². The van der Waals surface area contributed by atoms with Crippen LogP contribution >= 0.6 is 11.6 Å². The standard InChI is InChI=1S/C22H25ClN3O/c1-16-13-20(17(2)26(16)14-18-7-5-6-8-21(18)23)22(27)15-25-11-9-19(10-12-25)24(3)4/h5-13H,14-15H2,1-4H3/q+1. The smallest absolute Gasteiger partial charge is 0.229 e. The molecule has 0 fully saturated rings. The highest BCUT2D eigenvalue weighted by molar-refractivity contribution is 6.31. The van der Waals surface area contributed by atoms with Gasteiger partial charge in [-0.15, -0.1) is 0 Å². The van der Waals surface area contributed by atoms with Crippen LogP contribution in [0.3, 0.4) is 0 Å². The molecule has 0 spiro atoms. The largest absolute Gasteiger partial charge is 0.377 e. The van der Waals surface area contributed by atoms with Crippen LogP contribution in [0.4, 0.5) is 5.69 Å². The van der Waals surface area contributed by atoms with Gasteiger partial charge < -0.3 is 9.47 Å². The molecule has 3 rings (SSSR count). The molecular formula is C22H25ClN3O+. The average Bonchev–Trinajstić information content (AvgIpc) is 2.92. The lowest BCUT2D eigenvalue weighted by molar-refractivity contribution is -0.683. The zero-order chi connectivity index (χ0) is 19.6. The maximum Gasteiger partial charge on any atom is 0.229 e. The van der Waals surface area contributed by atoms with Crippen LogP contribution in [0.2, 0.25) is 5.02 Å². The van der Waals surface area contributed by atoms with Crippen molar-refractivity contribution in [1.29, 1.82) is 0 Å². The van der Waals surface area contributed by atoms with Gasteiger partial charge in [0.25, 0.3) is 0 Å². The van der Waals surface area contributed by atoms with Gasteiger partial charge in [-0.2, -0.15) is 4.57 Å². The number of pyridine rings is 1. The monoisotopic (exact) mass is 382 g/mol. The predicted octanol–water partition coefficient (Wildman–Crippen LogP) is 4.04. The van der Waals surface area contributed by atoms with Crippen molar-refractivity contribution in [2.75, 3.05) is 19.0 Å². The first-order valence-electron chi connectivity index (χ1n) is 8.96. The zero-order valence-corrected chi connectivity index (χ0v) is 17.0. The quantitative estimate of drug-likeness (QED) is 0.475. The summed E-state index contributed by atoms with van der Waals surface area (Å²) in [5.41, 5.74) is 4.96. The number of hydrogen-bond acceptors (Lipinski definition) is 2. The van der Waals surface area contributed by atoms with Crippen LogP contribution in [-0.4, -0.2) is 24.4 Å². The summed E-state index contributed by atoms with van der Waals surface area (Å²) in [5.74, 6) is 0.108. The van der Waals surface area contributed by atoms with Crippen molar-refractivity contribution < 1.29 is 9.36 Å². The summed E-state index contributed by atoms with van der Waals surface area (Å²) in [6, 6.07) is 13.8. The Hall–Kier alpha value is -2.59. The molecule has 2 aromatic heterocycles. The van der Waals surface area contributed by atoms with Crippen molar-refractivity contribution in [3.05, 3.63) is 82.4 Å². The fourth-order valence-electron chi connectivity index (χ4n) is 3.23. The second-order valence-corrected chi connectivity index (χ2v) is 7.42. The molecule has 4 nitrogen and oxygen atoms in total. The Morgan fingerprint density at radius 2 is 1.78 bits per heavy atom. The highest BCUT2D eigenvalue weighted by atomic mass is 35.5. The summed E-state index contributed by atoms with van der Waals surface area (Å²) in [6.45, 7) is 5.01. The number of benzene rings is 1. The molecule has 0 radical (unpaired) electrons. The molecule has 0 bridgehead atoms. The minimum absolute atomic E-state index is 0.108. The van der Waals surface area contributed by atoms with E-state index in [1.165, 1.54) is 0 Å². The maximum absolute atomic E-state index is 12.9. The predicted molar refractivity (Wildman–Crippen MR) is 110 cm³/mol. The molecule has 0 saturated carbocycles. The third kappa shape index (κ3) is 4.22. The maximum atomic E-state index is 12.9.